The zero-order valence-electron chi connectivity index (χ0n) is 12.7. The van der Waals surface area contributed by atoms with Crippen LogP contribution in [0.4, 0.5) is 0 Å². The predicted molar refractivity (Wildman–Crippen MR) is 81.7 cm³/mol. The van der Waals surface area contributed by atoms with Crippen molar-refractivity contribution in [1.29, 1.82) is 0 Å². The molecule has 0 fully saturated rings. The Morgan fingerprint density at radius 3 is 2.68 bits per heavy atom. The van der Waals surface area contributed by atoms with E-state index >= 15 is 0 Å². The van der Waals surface area contributed by atoms with Crippen LogP contribution in [-0.4, -0.2) is 11.1 Å². The number of aryl methyl sites for hydroxylation is 3. The van der Waals surface area contributed by atoms with Crippen LogP contribution in [0.3, 0.4) is 0 Å². The Balaban J connectivity index is 2.36. The van der Waals surface area contributed by atoms with Gasteiger partial charge in [-0.15, -0.1) is 0 Å². The second kappa shape index (κ2) is 4.38. The minimum Gasteiger partial charge on any atom is -0.346 e. The van der Waals surface area contributed by atoms with Crippen molar-refractivity contribution in [2.24, 2.45) is 13.0 Å². The summed E-state index contributed by atoms with van der Waals surface area (Å²) in [5, 5.41) is 5.19. The van der Waals surface area contributed by atoms with E-state index in [1.54, 1.807) is 5.56 Å². The molecule has 1 atom stereocenters. The minimum atomic E-state index is 0.487. The summed E-state index contributed by atoms with van der Waals surface area (Å²) >= 11 is 0. The first kappa shape index (κ1) is 12.7. The van der Waals surface area contributed by atoms with Crippen molar-refractivity contribution in [3.63, 3.8) is 0 Å². The average molecular weight is 256 g/mol. The summed E-state index contributed by atoms with van der Waals surface area (Å²) in [6, 6.07) is 5.13. The van der Waals surface area contributed by atoms with Crippen molar-refractivity contribution in [2.45, 2.75) is 40.2 Å². The average Bonchev–Trinajstić information content (AvgIpc) is 2.63. The summed E-state index contributed by atoms with van der Waals surface area (Å²) in [6.07, 6.45) is 1.15. The largest absolute Gasteiger partial charge is 0.346 e. The van der Waals surface area contributed by atoms with E-state index in [1.807, 2.05) is 0 Å². The van der Waals surface area contributed by atoms with Gasteiger partial charge in [0.25, 0.3) is 0 Å². The van der Waals surface area contributed by atoms with Crippen molar-refractivity contribution in [3.05, 3.63) is 34.5 Å². The SMILES string of the molecule is Cc1cc(C)c2c3c(n(C)c2c1)C(C(C)C)NCC3. The van der Waals surface area contributed by atoms with Crippen LogP contribution in [-0.2, 0) is 13.5 Å². The Hall–Kier alpha value is -1.28. The fourth-order valence-corrected chi connectivity index (χ4v) is 3.71. The van der Waals surface area contributed by atoms with E-state index in [0.717, 1.165) is 13.0 Å². The Kier molecular flexibility index (Phi) is 2.94. The van der Waals surface area contributed by atoms with Crippen molar-refractivity contribution in [3.8, 4) is 0 Å². The number of aromatic nitrogens is 1. The normalized spacial score (nSPS) is 19.2. The second-order valence-electron chi connectivity index (χ2n) is 6.32. The molecule has 1 aliphatic rings. The molecule has 0 bridgehead atoms. The van der Waals surface area contributed by atoms with Crippen LogP contribution < -0.4 is 5.32 Å². The van der Waals surface area contributed by atoms with E-state index in [0.29, 0.717) is 12.0 Å². The lowest BCUT2D eigenvalue weighted by Gasteiger charge is -2.29. The standard InChI is InChI=1S/C17H24N2/c1-10(2)16-17-13(6-7-18-16)15-12(4)8-11(3)9-14(15)19(17)5/h8-10,16,18H,6-7H2,1-5H3. The van der Waals surface area contributed by atoms with Crippen molar-refractivity contribution < 1.29 is 0 Å². The molecule has 1 aromatic carbocycles. The van der Waals surface area contributed by atoms with Crippen molar-refractivity contribution in [1.82, 2.24) is 9.88 Å². The van der Waals surface area contributed by atoms with Crippen LogP contribution in [0.2, 0.25) is 0 Å². The molecule has 0 spiro atoms. The van der Waals surface area contributed by atoms with E-state index in [-0.39, 0.29) is 0 Å². The second-order valence-corrected chi connectivity index (χ2v) is 6.32. The van der Waals surface area contributed by atoms with Gasteiger partial charge >= 0.3 is 0 Å². The highest BCUT2D eigenvalue weighted by Crippen LogP contribution is 2.37. The summed E-state index contributed by atoms with van der Waals surface area (Å²) in [5.41, 5.74) is 7.27. The first-order valence-corrected chi connectivity index (χ1v) is 7.32. The van der Waals surface area contributed by atoms with Gasteiger partial charge in [0, 0.05) is 23.6 Å². The number of benzene rings is 1. The Morgan fingerprint density at radius 2 is 2.00 bits per heavy atom. The topological polar surface area (TPSA) is 17.0 Å². The van der Waals surface area contributed by atoms with Crippen LogP contribution in [0.25, 0.3) is 10.9 Å². The monoisotopic (exact) mass is 256 g/mol. The molecule has 1 unspecified atom stereocenters. The third-order valence-corrected chi connectivity index (χ3v) is 4.49. The molecule has 0 amide bonds. The van der Waals surface area contributed by atoms with Crippen LogP contribution in [0, 0.1) is 19.8 Å². The molecule has 2 heterocycles. The van der Waals surface area contributed by atoms with E-state index in [4.69, 9.17) is 0 Å². The highest BCUT2D eigenvalue weighted by atomic mass is 15.0. The summed E-state index contributed by atoms with van der Waals surface area (Å²) in [7, 11) is 2.22. The van der Waals surface area contributed by atoms with Gasteiger partial charge in [-0.1, -0.05) is 19.9 Å². The minimum absolute atomic E-state index is 0.487. The zero-order valence-corrected chi connectivity index (χ0v) is 12.7. The third-order valence-electron chi connectivity index (χ3n) is 4.49. The van der Waals surface area contributed by atoms with Crippen LogP contribution in [0.5, 0.6) is 0 Å². The van der Waals surface area contributed by atoms with Gasteiger partial charge in [0.2, 0.25) is 0 Å². The van der Waals surface area contributed by atoms with Gasteiger partial charge in [-0.05, 0) is 55.5 Å². The molecular weight excluding hydrogens is 232 g/mol. The molecule has 102 valence electrons. The Labute approximate surface area is 115 Å². The molecule has 0 saturated heterocycles. The zero-order chi connectivity index (χ0) is 13.7. The molecular formula is C17H24N2. The molecule has 1 aliphatic heterocycles. The lowest BCUT2D eigenvalue weighted by Crippen LogP contribution is -2.34. The summed E-state index contributed by atoms with van der Waals surface area (Å²) in [4.78, 5) is 0. The van der Waals surface area contributed by atoms with E-state index < -0.39 is 0 Å². The van der Waals surface area contributed by atoms with E-state index in [9.17, 15) is 0 Å². The van der Waals surface area contributed by atoms with E-state index in [2.05, 4.69) is 56.8 Å². The molecule has 0 saturated carbocycles. The fourth-order valence-electron chi connectivity index (χ4n) is 3.71. The lowest BCUT2D eigenvalue weighted by atomic mass is 9.91. The molecule has 2 nitrogen and oxygen atoms in total. The fraction of sp³-hybridized carbons (Fsp3) is 0.529. The molecule has 1 N–H and O–H groups in total. The first-order valence-electron chi connectivity index (χ1n) is 7.32. The number of fused-ring (bicyclic) bond motifs is 3. The number of rotatable bonds is 1. The van der Waals surface area contributed by atoms with Crippen LogP contribution in [0.1, 0.15) is 42.3 Å². The maximum Gasteiger partial charge on any atom is 0.0501 e. The maximum absolute atomic E-state index is 3.69. The molecule has 0 aliphatic carbocycles. The summed E-state index contributed by atoms with van der Waals surface area (Å²) in [6.45, 7) is 10.2. The van der Waals surface area contributed by atoms with Gasteiger partial charge in [0.15, 0.2) is 0 Å². The molecule has 0 radical (unpaired) electrons. The Morgan fingerprint density at radius 1 is 1.26 bits per heavy atom. The van der Waals surface area contributed by atoms with Gasteiger partial charge < -0.3 is 9.88 Å². The van der Waals surface area contributed by atoms with E-state index in [1.165, 1.54) is 27.7 Å². The number of hydrogen-bond donors (Lipinski definition) is 1. The number of nitrogens with zero attached hydrogens (tertiary/aromatic N) is 1. The van der Waals surface area contributed by atoms with Gasteiger partial charge in [0.1, 0.15) is 0 Å². The number of hydrogen-bond acceptors (Lipinski definition) is 1. The van der Waals surface area contributed by atoms with Gasteiger partial charge in [-0.3, -0.25) is 0 Å². The molecule has 1 aromatic heterocycles. The van der Waals surface area contributed by atoms with Crippen molar-refractivity contribution in [2.75, 3.05) is 6.54 Å². The van der Waals surface area contributed by atoms with Crippen molar-refractivity contribution >= 4 is 10.9 Å². The number of nitrogens with one attached hydrogen (secondary N) is 1. The third kappa shape index (κ3) is 1.81. The summed E-state index contributed by atoms with van der Waals surface area (Å²) in [5.74, 6) is 0.628. The molecule has 3 rings (SSSR count). The molecule has 19 heavy (non-hydrogen) atoms. The van der Waals surface area contributed by atoms with Gasteiger partial charge in [0.05, 0.1) is 6.04 Å². The maximum atomic E-state index is 3.69. The first-order chi connectivity index (χ1) is 9.00. The Bertz CT molecular complexity index is 634. The molecule has 2 heteroatoms. The van der Waals surface area contributed by atoms with Crippen LogP contribution in [0.15, 0.2) is 12.1 Å². The van der Waals surface area contributed by atoms with Gasteiger partial charge in [-0.2, -0.15) is 0 Å². The highest BCUT2D eigenvalue weighted by Gasteiger charge is 2.28. The molecule has 2 aromatic rings. The lowest BCUT2D eigenvalue weighted by molar-refractivity contribution is 0.380. The summed E-state index contributed by atoms with van der Waals surface area (Å²) < 4.78 is 2.42. The highest BCUT2D eigenvalue weighted by molar-refractivity contribution is 5.89. The van der Waals surface area contributed by atoms with Gasteiger partial charge in [-0.25, -0.2) is 0 Å². The predicted octanol–water partition coefficient (Wildman–Crippen LogP) is 3.64. The smallest absolute Gasteiger partial charge is 0.0501 e. The van der Waals surface area contributed by atoms with Crippen LogP contribution >= 0.6 is 0 Å². The quantitative estimate of drug-likeness (QED) is 0.824.